The lowest BCUT2D eigenvalue weighted by Crippen LogP contribution is -2.19. The Morgan fingerprint density at radius 2 is 1.91 bits per heavy atom. The molecule has 5 nitrogen and oxygen atoms in total. The molecule has 0 aliphatic rings. The average molecular weight is 315 g/mol. The topological polar surface area (TPSA) is 67.8 Å². The monoisotopic (exact) mass is 315 g/mol. The molecule has 0 aliphatic heterocycles. The van der Waals surface area contributed by atoms with Gasteiger partial charge in [-0.1, -0.05) is 24.3 Å². The molecule has 122 valence electrons. The molecular weight excluding hydrogens is 294 g/mol. The summed E-state index contributed by atoms with van der Waals surface area (Å²) in [4.78, 5) is 10.9. The molecule has 2 rings (SSSR count). The summed E-state index contributed by atoms with van der Waals surface area (Å²) >= 11 is 0. The lowest BCUT2D eigenvalue weighted by molar-refractivity contribution is 0.0696. The number of benzene rings is 2. The van der Waals surface area contributed by atoms with Crippen LogP contribution in [0.5, 0.6) is 5.75 Å². The van der Waals surface area contributed by atoms with Crippen LogP contribution in [0.25, 0.3) is 0 Å². The van der Waals surface area contributed by atoms with Gasteiger partial charge in [-0.3, -0.25) is 0 Å². The molecular formula is C18H21NO4. The zero-order valence-corrected chi connectivity index (χ0v) is 13.1. The van der Waals surface area contributed by atoms with Crippen LogP contribution in [0.15, 0.2) is 48.5 Å². The molecule has 0 aliphatic carbocycles. The second-order valence-electron chi connectivity index (χ2n) is 5.08. The highest BCUT2D eigenvalue weighted by Gasteiger charge is 2.02. The van der Waals surface area contributed by atoms with Gasteiger partial charge in [0.1, 0.15) is 5.75 Å². The van der Waals surface area contributed by atoms with Crippen molar-refractivity contribution in [3.05, 3.63) is 65.2 Å². The van der Waals surface area contributed by atoms with Crippen LogP contribution in [-0.2, 0) is 17.9 Å². The normalized spacial score (nSPS) is 10.5. The Hall–Kier alpha value is -2.37. The van der Waals surface area contributed by atoms with Crippen LogP contribution in [-0.4, -0.2) is 31.3 Å². The van der Waals surface area contributed by atoms with Gasteiger partial charge in [0.2, 0.25) is 0 Å². The summed E-state index contributed by atoms with van der Waals surface area (Å²) in [6.07, 6.45) is 0. The van der Waals surface area contributed by atoms with Gasteiger partial charge in [-0.2, -0.15) is 0 Å². The second kappa shape index (κ2) is 8.92. The number of ether oxygens (including phenoxy) is 2. The van der Waals surface area contributed by atoms with E-state index in [9.17, 15) is 4.79 Å². The summed E-state index contributed by atoms with van der Waals surface area (Å²) in [6, 6.07) is 14.7. The third kappa shape index (κ3) is 5.73. The van der Waals surface area contributed by atoms with Crippen molar-refractivity contribution in [1.29, 1.82) is 0 Å². The van der Waals surface area contributed by atoms with Crippen LogP contribution in [0.1, 0.15) is 21.5 Å². The minimum atomic E-state index is -0.908. The fraction of sp³-hybridized carbons (Fsp3) is 0.278. The molecule has 5 heteroatoms. The molecule has 0 spiro atoms. The van der Waals surface area contributed by atoms with Crippen LogP contribution < -0.4 is 10.1 Å². The van der Waals surface area contributed by atoms with Crippen LogP contribution in [0, 0.1) is 0 Å². The first-order valence-electron chi connectivity index (χ1n) is 7.42. The van der Waals surface area contributed by atoms with Crippen LogP contribution in [0.4, 0.5) is 0 Å². The molecule has 2 aromatic rings. The fourth-order valence-electron chi connectivity index (χ4n) is 2.10. The zero-order valence-electron chi connectivity index (χ0n) is 13.1. The quantitative estimate of drug-likeness (QED) is 0.696. The van der Waals surface area contributed by atoms with E-state index < -0.39 is 5.97 Å². The molecule has 0 amide bonds. The maximum Gasteiger partial charge on any atom is 0.335 e. The molecule has 0 saturated carbocycles. The Morgan fingerprint density at radius 3 is 2.61 bits per heavy atom. The van der Waals surface area contributed by atoms with Gasteiger partial charge in [0.15, 0.2) is 0 Å². The Labute approximate surface area is 135 Å². The van der Waals surface area contributed by atoms with Crippen molar-refractivity contribution in [3.63, 3.8) is 0 Å². The van der Waals surface area contributed by atoms with E-state index in [1.54, 1.807) is 25.3 Å². The van der Waals surface area contributed by atoms with Crippen molar-refractivity contribution >= 4 is 5.97 Å². The molecule has 0 saturated heterocycles. The Balaban J connectivity index is 1.63. The number of carboxylic acids is 1. The summed E-state index contributed by atoms with van der Waals surface area (Å²) in [5.74, 6) is -0.0753. The second-order valence-corrected chi connectivity index (χ2v) is 5.08. The smallest absolute Gasteiger partial charge is 0.335 e. The van der Waals surface area contributed by atoms with E-state index in [1.807, 2.05) is 30.3 Å². The lowest BCUT2D eigenvalue weighted by atomic mass is 10.1. The Bertz CT molecular complexity index is 625. The first-order valence-corrected chi connectivity index (χ1v) is 7.42. The first-order chi connectivity index (χ1) is 11.2. The van der Waals surface area contributed by atoms with Crippen LogP contribution in [0.3, 0.4) is 0 Å². The lowest BCUT2D eigenvalue weighted by Gasteiger charge is -2.07. The van der Waals surface area contributed by atoms with E-state index in [4.69, 9.17) is 14.6 Å². The van der Waals surface area contributed by atoms with Crippen molar-refractivity contribution < 1.29 is 19.4 Å². The number of aromatic carboxylic acids is 1. The van der Waals surface area contributed by atoms with Gasteiger partial charge in [0.05, 0.1) is 25.9 Å². The van der Waals surface area contributed by atoms with Crippen molar-refractivity contribution in [1.82, 2.24) is 5.32 Å². The fourth-order valence-corrected chi connectivity index (χ4v) is 2.10. The maximum absolute atomic E-state index is 10.9. The van der Waals surface area contributed by atoms with Crippen molar-refractivity contribution in [3.8, 4) is 5.75 Å². The summed E-state index contributed by atoms with van der Waals surface area (Å²) in [5.41, 5.74) is 2.35. The Morgan fingerprint density at radius 1 is 1.13 bits per heavy atom. The van der Waals surface area contributed by atoms with E-state index in [-0.39, 0.29) is 0 Å². The number of hydrogen-bond acceptors (Lipinski definition) is 4. The minimum Gasteiger partial charge on any atom is -0.497 e. The highest BCUT2D eigenvalue weighted by Crippen LogP contribution is 2.11. The molecule has 2 N–H and O–H groups in total. The molecule has 0 radical (unpaired) electrons. The number of nitrogens with one attached hydrogen (secondary N) is 1. The number of hydrogen-bond donors (Lipinski definition) is 2. The maximum atomic E-state index is 10.9. The summed E-state index contributed by atoms with van der Waals surface area (Å²) in [7, 11) is 1.64. The molecule has 0 unspecified atom stereocenters. The van der Waals surface area contributed by atoms with Gasteiger partial charge in [-0.25, -0.2) is 4.79 Å². The molecule has 0 fully saturated rings. The molecule has 23 heavy (non-hydrogen) atoms. The van der Waals surface area contributed by atoms with Crippen molar-refractivity contribution in [2.75, 3.05) is 20.3 Å². The number of carboxylic acid groups (broad SMARTS) is 1. The predicted molar refractivity (Wildman–Crippen MR) is 87.8 cm³/mol. The van der Waals surface area contributed by atoms with E-state index >= 15 is 0 Å². The van der Waals surface area contributed by atoms with E-state index in [1.165, 1.54) is 0 Å². The molecule has 2 aromatic carbocycles. The summed E-state index contributed by atoms with van der Waals surface area (Å²) in [6.45, 7) is 2.46. The van der Waals surface area contributed by atoms with Gasteiger partial charge in [-0.05, 0) is 35.4 Å². The van der Waals surface area contributed by atoms with Gasteiger partial charge in [-0.15, -0.1) is 0 Å². The van der Waals surface area contributed by atoms with Gasteiger partial charge in [0.25, 0.3) is 0 Å². The predicted octanol–water partition coefficient (Wildman–Crippen LogP) is 2.70. The number of carbonyl (C=O) groups is 1. The molecule has 0 aromatic heterocycles. The highest BCUT2D eigenvalue weighted by molar-refractivity contribution is 5.87. The van der Waals surface area contributed by atoms with Gasteiger partial charge < -0.3 is 19.9 Å². The third-order valence-electron chi connectivity index (χ3n) is 3.35. The SMILES string of the molecule is COc1ccc(COCCNCc2cccc(C(=O)O)c2)cc1. The van der Waals surface area contributed by atoms with Crippen molar-refractivity contribution in [2.45, 2.75) is 13.2 Å². The van der Waals surface area contributed by atoms with E-state index in [0.29, 0.717) is 31.9 Å². The molecule has 0 atom stereocenters. The minimum absolute atomic E-state index is 0.306. The Kier molecular flexibility index (Phi) is 6.59. The van der Waals surface area contributed by atoms with Crippen molar-refractivity contribution in [2.24, 2.45) is 0 Å². The summed E-state index contributed by atoms with van der Waals surface area (Å²) < 4.78 is 10.7. The number of methoxy groups -OCH3 is 1. The molecule has 0 heterocycles. The largest absolute Gasteiger partial charge is 0.497 e. The standard InChI is InChI=1S/C18H21NO4/c1-22-17-7-5-14(6-8-17)13-23-10-9-19-12-15-3-2-4-16(11-15)18(20)21/h2-8,11,19H,9-10,12-13H2,1H3,(H,20,21). The van der Waals surface area contributed by atoms with Crippen LogP contribution in [0.2, 0.25) is 0 Å². The van der Waals surface area contributed by atoms with Crippen LogP contribution >= 0.6 is 0 Å². The highest BCUT2D eigenvalue weighted by atomic mass is 16.5. The first kappa shape index (κ1) is 17.0. The van der Waals surface area contributed by atoms with E-state index in [0.717, 1.165) is 16.9 Å². The van der Waals surface area contributed by atoms with Gasteiger partial charge >= 0.3 is 5.97 Å². The summed E-state index contributed by atoms with van der Waals surface area (Å²) in [5, 5.41) is 12.2. The third-order valence-corrected chi connectivity index (χ3v) is 3.35. The average Bonchev–Trinajstić information content (AvgIpc) is 2.58. The van der Waals surface area contributed by atoms with Gasteiger partial charge in [0, 0.05) is 13.1 Å². The molecule has 0 bridgehead atoms. The van der Waals surface area contributed by atoms with E-state index in [2.05, 4.69) is 5.32 Å². The zero-order chi connectivity index (χ0) is 16.5. The number of rotatable bonds is 9.